The number of aliphatic carboxylic acids is 1. The first-order valence-electron chi connectivity index (χ1n) is 8.48. The zero-order chi connectivity index (χ0) is 21.0. The molecule has 1 amide bonds. The first kappa shape index (κ1) is 20.7. The van der Waals surface area contributed by atoms with Crippen LogP contribution in [0.4, 0.5) is 0 Å². The van der Waals surface area contributed by atoms with E-state index in [0.29, 0.717) is 5.56 Å². The fourth-order valence-corrected chi connectivity index (χ4v) is 4.92. The Morgan fingerprint density at radius 3 is 2.59 bits per heavy atom. The average molecular weight is 431 g/mol. The van der Waals surface area contributed by atoms with Gasteiger partial charge in [0.05, 0.1) is 22.4 Å². The van der Waals surface area contributed by atoms with Crippen molar-refractivity contribution in [1.82, 2.24) is 5.32 Å². The fraction of sp³-hybridized carbons (Fsp3) is 0.158. The fourth-order valence-electron chi connectivity index (χ4n) is 2.56. The molecule has 8 nitrogen and oxygen atoms in total. The SMILES string of the molecule is Cc1ccc(S(=O)(=O)c2ccccc2C=NN=C2NC(=O)C(CC(=O)O)S2)cc1. The molecule has 0 saturated carbocycles. The van der Waals surface area contributed by atoms with Gasteiger partial charge in [0.1, 0.15) is 5.25 Å². The molecular weight excluding hydrogens is 414 g/mol. The van der Waals surface area contributed by atoms with E-state index in [9.17, 15) is 18.0 Å². The van der Waals surface area contributed by atoms with Crippen LogP contribution in [-0.2, 0) is 19.4 Å². The van der Waals surface area contributed by atoms with Crippen LogP contribution in [-0.4, -0.2) is 42.0 Å². The lowest BCUT2D eigenvalue weighted by atomic mass is 10.2. The highest BCUT2D eigenvalue weighted by Gasteiger charge is 2.32. The van der Waals surface area contributed by atoms with Gasteiger partial charge in [0.25, 0.3) is 0 Å². The molecule has 1 unspecified atom stereocenters. The number of thioether (sulfide) groups is 1. The molecule has 1 aliphatic heterocycles. The van der Waals surface area contributed by atoms with Crippen LogP contribution in [0.3, 0.4) is 0 Å². The third kappa shape index (κ3) is 4.90. The minimum Gasteiger partial charge on any atom is -0.481 e. The second kappa shape index (κ2) is 8.58. The van der Waals surface area contributed by atoms with Crippen LogP contribution in [0.5, 0.6) is 0 Å². The van der Waals surface area contributed by atoms with Crippen molar-refractivity contribution >= 4 is 44.9 Å². The van der Waals surface area contributed by atoms with Crippen molar-refractivity contribution in [2.75, 3.05) is 0 Å². The molecule has 1 heterocycles. The number of hydrogen-bond acceptors (Lipinski definition) is 7. The van der Waals surface area contributed by atoms with Crippen LogP contribution in [0.15, 0.2) is 68.5 Å². The molecule has 2 N–H and O–H groups in total. The Balaban J connectivity index is 1.84. The summed E-state index contributed by atoms with van der Waals surface area (Å²) in [6.07, 6.45) is 0.960. The van der Waals surface area contributed by atoms with E-state index in [4.69, 9.17) is 5.11 Å². The van der Waals surface area contributed by atoms with E-state index in [1.54, 1.807) is 42.5 Å². The Morgan fingerprint density at radius 2 is 1.90 bits per heavy atom. The van der Waals surface area contributed by atoms with E-state index in [1.807, 2.05) is 6.92 Å². The number of hydrogen-bond donors (Lipinski definition) is 2. The molecule has 29 heavy (non-hydrogen) atoms. The highest BCUT2D eigenvalue weighted by atomic mass is 32.2. The molecule has 0 radical (unpaired) electrons. The number of carboxylic acids is 1. The molecule has 1 atom stereocenters. The quantitative estimate of drug-likeness (QED) is 0.534. The second-order valence-corrected chi connectivity index (χ2v) is 9.31. The van der Waals surface area contributed by atoms with Gasteiger partial charge in [-0.2, -0.15) is 5.10 Å². The number of nitrogens with zero attached hydrogens (tertiary/aromatic N) is 2. The molecule has 10 heteroatoms. The largest absolute Gasteiger partial charge is 0.481 e. The first-order chi connectivity index (χ1) is 13.8. The maximum atomic E-state index is 13.0. The molecule has 1 fully saturated rings. The van der Waals surface area contributed by atoms with Crippen molar-refractivity contribution in [3.63, 3.8) is 0 Å². The normalized spacial score (nSPS) is 18.3. The number of aryl methyl sites for hydroxylation is 1. The van der Waals surface area contributed by atoms with Gasteiger partial charge in [0.15, 0.2) is 5.17 Å². The predicted molar refractivity (Wildman–Crippen MR) is 110 cm³/mol. The number of carboxylic acid groups (broad SMARTS) is 1. The van der Waals surface area contributed by atoms with Crippen LogP contribution < -0.4 is 5.32 Å². The minimum atomic E-state index is -3.75. The number of carbonyl (C=O) groups is 2. The summed E-state index contributed by atoms with van der Waals surface area (Å²) in [5.74, 6) is -1.54. The summed E-state index contributed by atoms with van der Waals surface area (Å²) in [4.78, 5) is 22.7. The number of carbonyl (C=O) groups excluding carboxylic acids is 1. The van der Waals surface area contributed by atoms with Crippen LogP contribution >= 0.6 is 11.8 Å². The molecular formula is C19H17N3O5S2. The molecule has 3 rings (SSSR count). The average Bonchev–Trinajstić information content (AvgIpc) is 3.01. The van der Waals surface area contributed by atoms with Crippen LogP contribution in [0.25, 0.3) is 0 Å². The van der Waals surface area contributed by atoms with Crippen LogP contribution in [0.1, 0.15) is 17.5 Å². The summed E-state index contributed by atoms with van der Waals surface area (Å²) in [7, 11) is -3.75. The minimum absolute atomic E-state index is 0.0830. The number of sulfone groups is 1. The van der Waals surface area contributed by atoms with Gasteiger partial charge in [-0.05, 0) is 25.1 Å². The molecule has 0 spiro atoms. The summed E-state index contributed by atoms with van der Waals surface area (Å²) >= 11 is 0.967. The van der Waals surface area contributed by atoms with Crippen molar-refractivity contribution in [1.29, 1.82) is 0 Å². The zero-order valence-electron chi connectivity index (χ0n) is 15.3. The van der Waals surface area contributed by atoms with Gasteiger partial charge in [-0.15, -0.1) is 5.10 Å². The highest BCUT2D eigenvalue weighted by molar-refractivity contribution is 8.15. The highest BCUT2D eigenvalue weighted by Crippen LogP contribution is 2.24. The van der Waals surface area contributed by atoms with Crippen molar-refractivity contribution in [3.8, 4) is 0 Å². The van der Waals surface area contributed by atoms with Gasteiger partial charge in [0.2, 0.25) is 15.7 Å². The monoisotopic (exact) mass is 431 g/mol. The van der Waals surface area contributed by atoms with E-state index in [-0.39, 0.29) is 21.4 Å². The second-order valence-electron chi connectivity index (χ2n) is 6.20. The summed E-state index contributed by atoms with van der Waals surface area (Å²) in [5.41, 5.74) is 1.29. The third-order valence-electron chi connectivity index (χ3n) is 4.02. The first-order valence-corrected chi connectivity index (χ1v) is 10.8. The predicted octanol–water partition coefficient (Wildman–Crippen LogP) is 2.22. The molecule has 0 aromatic heterocycles. The summed E-state index contributed by atoms with van der Waals surface area (Å²) in [6.45, 7) is 1.87. The van der Waals surface area contributed by atoms with Gasteiger partial charge in [-0.1, -0.05) is 47.7 Å². The molecule has 0 bridgehead atoms. The lowest BCUT2D eigenvalue weighted by molar-refractivity contribution is -0.138. The van der Waals surface area contributed by atoms with Crippen molar-refractivity contribution < 1.29 is 23.1 Å². The summed E-state index contributed by atoms with van der Waals surface area (Å²) in [6, 6.07) is 12.9. The third-order valence-corrected chi connectivity index (χ3v) is 6.94. The van der Waals surface area contributed by atoms with Gasteiger partial charge >= 0.3 is 5.97 Å². The van der Waals surface area contributed by atoms with E-state index < -0.39 is 27.0 Å². The van der Waals surface area contributed by atoms with Gasteiger partial charge in [-0.3, -0.25) is 9.59 Å². The topological polar surface area (TPSA) is 125 Å². The number of nitrogens with one attached hydrogen (secondary N) is 1. The number of benzene rings is 2. The molecule has 2 aromatic carbocycles. The standard InChI is InChI=1S/C19H17N3O5S2/c1-12-6-8-14(9-7-12)29(26,27)16-5-3-2-4-13(16)11-20-22-19-21-18(25)15(28-19)10-17(23)24/h2-9,11,15H,10H2,1H3,(H,23,24)(H,21,22,25). The van der Waals surface area contributed by atoms with Crippen molar-refractivity contribution in [2.24, 2.45) is 10.2 Å². The Bertz CT molecular complexity index is 1110. The molecule has 0 aliphatic carbocycles. The summed E-state index contributed by atoms with van der Waals surface area (Å²) < 4.78 is 25.9. The Kier molecular flexibility index (Phi) is 6.14. The Hall–Kier alpha value is -2.98. The number of amides is 1. The molecule has 1 aliphatic rings. The summed E-state index contributed by atoms with van der Waals surface area (Å²) in [5, 5.41) is 18.4. The zero-order valence-corrected chi connectivity index (χ0v) is 16.9. The van der Waals surface area contributed by atoms with Crippen LogP contribution in [0, 0.1) is 6.92 Å². The maximum absolute atomic E-state index is 13.0. The molecule has 150 valence electrons. The van der Waals surface area contributed by atoms with Gasteiger partial charge in [-0.25, -0.2) is 8.42 Å². The van der Waals surface area contributed by atoms with Crippen molar-refractivity contribution in [2.45, 2.75) is 28.4 Å². The molecule has 1 saturated heterocycles. The number of amidine groups is 1. The maximum Gasteiger partial charge on any atom is 0.305 e. The van der Waals surface area contributed by atoms with E-state index in [1.165, 1.54) is 12.3 Å². The van der Waals surface area contributed by atoms with E-state index >= 15 is 0 Å². The van der Waals surface area contributed by atoms with Crippen LogP contribution in [0.2, 0.25) is 0 Å². The van der Waals surface area contributed by atoms with Crippen molar-refractivity contribution in [3.05, 3.63) is 59.7 Å². The van der Waals surface area contributed by atoms with E-state index in [0.717, 1.165) is 17.3 Å². The Labute approximate surface area is 171 Å². The molecule has 2 aromatic rings. The number of rotatable bonds is 6. The van der Waals surface area contributed by atoms with Gasteiger partial charge < -0.3 is 10.4 Å². The smallest absolute Gasteiger partial charge is 0.305 e. The van der Waals surface area contributed by atoms with Gasteiger partial charge in [0, 0.05) is 5.56 Å². The Morgan fingerprint density at radius 1 is 1.21 bits per heavy atom. The lowest BCUT2D eigenvalue weighted by Crippen LogP contribution is -2.26. The lowest BCUT2D eigenvalue weighted by Gasteiger charge is -2.07. The van der Waals surface area contributed by atoms with E-state index in [2.05, 4.69) is 15.5 Å².